The van der Waals surface area contributed by atoms with Crippen molar-refractivity contribution in [2.75, 3.05) is 35.8 Å². The molecule has 2 unspecified atom stereocenters. The standard InChI is InChI=1S/C23H33FN4O4S/c1-4-5-6-15-17(23(30)31)21(29)16-13(3)22(33-11-12(2)10-32-15)20(18(24)19(16)27-26)28-8-7-14(25)9-28/h12,14,27H,4-11,25-26H2,1-3H3,(H,30,31)/b17-15-. The number of ketones is 1. The lowest BCUT2D eigenvalue weighted by Gasteiger charge is -2.27. The predicted octanol–water partition coefficient (Wildman–Crippen LogP) is 3.43. The van der Waals surface area contributed by atoms with Gasteiger partial charge >= 0.3 is 5.97 Å². The Labute approximate surface area is 197 Å². The molecule has 1 aromatic carbocycles. The van der Waals surface area contributed by atoms with Gasteiger partial charge in [-0.05, 0) is 31.2 Å². The topological polar surface area (TPSA) is 131 Å². The number of benzene rings is 1. The van der Waals surface area contributed by atoms with Gasteiger partial charge < -0.3 is 25.9 Å². The first-order valence-corrected chi connectivity index (χ1v) is 12.3. The van der Waals surface area contributed by atoms with E-state index in [-0.39, 0.29) is 35.6 Å². The van der Waals surface area contributed by atoms with Crippen LogP contribution in [-0.2, 0) is 9.53 Å². The number of nitrogens with two attached hydrogens (primary N) is 2. The second-order valence-electron chi connectivity index (χ2n) is 8.77. The lowest BCUT2D eigenvalue weighted by molar-refractivity contribution is -0.132. The normalized spacial score (nSPS) is 23.8. The van der Waals surface area contributed by atoms with E-state index in [0.29, 0.717) is 47.8 Å². The second kappa shape index (κ2) is 10.8. The maximum atomic E-state index is 15.9. The number of hydrogen-bond donors (Lipinski definition) is 4. The molecule has 1 aromatic rings. The van der Waals surface area contributed by atoms with Gasteiger partial charge in [0.15, 0.2) is 5.82 Å². The molecular weight excluding hydrogens is 447 g/mol. The second-order valence-corrected chi connectivity index (χ2v) is 9.80. The number of carboxylic acid groups (broad SMARTS) is 1. The van der Waals surface area contributed by atoms with Crippen LogP contribution in [0.4, 0.5) is 15.8 Å². The number of anilines is 2. The van der Waals surface area contributed by atoms with Crippen LogP contribution in [0.25, 0.3) is 0 Å². The molecule has 8 nitrogen and oxygen atoms in total. The van der Waals surface area contributed by atoms with Crippen LogP contribution in [0.1, 0.15) is 55.5 Å². The number of nitrogen functional groups attached to an aromatic ring is 1. The number of aliphatic carboxylic acids is 1. The van der Waals surface area contributed by atoms with Crippen molar-refractivity contribution >= 4 is 34.9 Å². The maximum Gasteiger partial charge on any atom is 0.343 e. The number of rotatable bonds is 6. The van der Waals surface area contributed by atoms with E-state index in [2.05, 4.69) is 5.43 Å². The fourth-order valence-electron chi connectivity index (χ4n) is 4.27. The van der Waals surface area contributed by atoms with E-state index in [9.17, 15) is 14.7 Å². The molecule has 2 bridgehead atoms. The Morgan fingerprint density at radius 1 is 1.42 bits per heavy atom. The number of unbranched alkanes of at least 4 members (excludes halogenated alkanes) is 1. The number of nitrogens with one attached hydrogen (secondary N) is 1. The lowest BCUT2D eigenvalue weighted by Crippen LogP contribution is -2.29. The Bertz CT molecular complexity index is 969. The van der Waals surface area contributed by atoms with E-state index in [1.54, 1.807) is 6.92 Å². The minimum absolute atomic E-state index is 0.0433. The van der Waals surface area contributed by atoms with Crippen LogP contribution in [0.15, 0.2) is 16.2 Å². The molecule has 0 spiro atoms. The van der Waals surface area contributed by atoms with Gasteiger partial charge in [-0.25, -0.2) is 9.18 Å². The quantitative estimate of drug-likeness (QED) is 0.275. The molecule has 33 heavy (non-hydrogen) atoms. The Morgan fingerprint density at radius 2 is 2.15 bits per heavy atom. The summed E-state index contributed by atoms with van der Waals surface area (Å²) in [5.74, 6) is 3.60. The molecule has 10 heteroatoms. The average Bonchev–Trinajstić information content (AvgIpc) is 3.19. The molecule has 3 rings (SSSR count). The Morgan fingerprint density at radius 3 is 2.73 bits per heavy atom. The first kappa shape index (κ1) is 25.3. The van der Waals surface area contributed by atoms with Gasteiger partial charge in [-0.3, -0.25) is 10.6 Å². The Hall–Kier alpha value is -2.30. The first-order chi connectivity index (χ1) is 15.7. The van der Waals surface area contributed by atoms with Gasteiger partial charge in [0, 0.05) is 36.2 Å². The molecule has 0 aliphatic carbocycles. The summed E-state index contributed by atoms with van der Waals surface area (Å²) in [6.07, 6.45) is 2.51. The molecule has 2 heterocycles. The van der Waals surface area contributed by atoms with E-state index in [0.717, 1.165) is 12.8 Å². The van der Waals surface area contributed by atoms with E-state index < -0.39 is 23.1 Å². The molecule has 1 saturated heterocycles. The van der Waals surface area contributed by atoms with Crippen molar-refractivity contribution in [3.05, 3.63) is 28.3 Å². The first-order valence-electron chi connectivity index (χ1n) is 11.3. The highest BCUT2D eigenvalue weighted by Gasteiger charge is 2.35. The van der Waals surface area contributed by atoms with Crippen LogP contribution in [0, 0.1) is 18.7 Å². The van der Waals surface area contributed by atoms with Crippen LogP contribution < -0.4 is 21.9 Å². The lowest BCUT2D eigenvalue weighted by atomic mass is 9.94. The number of carboxylic acids is 1. The third kappa shape index (κ3) is 5.12. The van der Waals surface area contributed by atoms with Crippen LogP contribution in [0.5, 0.6) is 0 Å². The van der Waals surface area contributed by atoms with Gasteiger partial charge in [0.25, 0.3) is 0 Å². The number of hydrogen-bond acceptors (Lipinski definition) is 8. The summed E-state index contributed by atoms with van der Waals surface area (Å²) in [5.41, 5.74) is 8.51. The molecule has 0 aromatic heterocycles. The van der Waals surface area contributed by atoms with Crippen molar-refractivity contribution < 1.29 is 23.8 Å². The number of carbonyl (C=O) groups excluding carboxylic acids is 1. The number of nitrogens with zero attached hydrogens (tertiary/aromatic N) is 1. The molecule has 2 atom stereocenters. The van der Waals surface area contributed by atoms with Gasteiger partial charge in [-0.1, -0.05) is 20.3 Å². The van der Waals surface area contributed by atoms with Gasteiger partial charge in [0.2, 0.25) is 5.78 Å². The molecule has 0 radical (unpaired) electrons. The van der Waals surface area contributed by atoms with Crippen molar-refractivity contribution in [1.29, 1.82) is 0 Å². The highest BCUT2D eigenvalue weighted by Crippen LogP contribution is 2.44. The number of carbonyl (C=O) groups is 2. The van der Waals surface area contributed by atoms with Crippen LogP contribution in [-0.4, -0.2) is 48.4 Å². The Kier molecular flexibility index (Phi) is 8.25. The monoisotopic (exact) mass is 480 g/mol. The van der Waals surface area contributed by atoms with Crippen LogP contribution in [0.2, 0.25) is 0 Å². The summed E-state index contributed by atoms with van der Waals surface area (Å²) in [7, 11) is 0. The minimum Gasteiger partial charge on any atom is -0.497 e. The highest BCUT2D eigenvalue weighted by molar-refractivity contribution is 7.99. The molecule has 182 valence electrons. The minimum atomic E-state index is -1.40. The summed E-state index contributed by atoms with van der Waals surface area (Å²) in [5, 5.41) is 9.97. The zero-order valence-corrected chi connectivity index (χ0v) is 20.2. The molecule has 6 N–H and O–H groups in total. The van der Waals surface area contributed by atoms with Gasteiger partial charge in [0.05, 0.1) is 23.5 Å². The number of halogens is 1. The number of Topliss-reactive ketones (excluding diaryl/α,β-unsaturated/α-hetero) is 1. The molecule has 2 aliphatic heterocycles. The molecule has 0 saturated carbocycles. The summed E-state index contributed by atoms with van der Waals surface area (Å²) in [4.78, 5) is 28.4. The average molecular weight is 481 g/mol. The SMILES string of the molecule is CCCC/C1=C(/C(=O)O)C(=O)c2c(C)c(c(N3CCC(N)C3)c(F)c2NN)SCC(C)CO1. The smallest absolute Gasteiger partial charge is 0.343 e. The van der Waals surface area contributed by atoms with Crippen molar-refractivity contribution in [2.24, 2.45) is 17.5 Å². The third-order valence-electron chi connectivity index (χ3n) is 6.05. The van der Waals surface area contributed by atoms with E-state index in [1.807, 2.05) is 18.7 Å². The number of allylic oxidation sites excluding steroid dienone is 1. The van der Waals surface area contributed by atoms with Gasteiger partial charge in [0.1, 0.15) is 11.3 Å². The summed E-state index contributed by atoms with van der Waals surface area (Å²) in [6, 6.07) is -0.0739. The van der Waals surface area contributed by atoms with E-state index in [1.165, 1.54) is 11.8 Å². The number of fused-ring (bicyclic) bond motifs is 2. The van der Waals surface area contributed by atoms with Crippen LogP contribution in [0.3, 0.4) is 0 Å². The predicted molar refractivity (Wildman–Crippen MR) is 128 cm³/mol. The van der Waals surface area contributed by atoms with Crippen molar-refractivity contribution in [2.45, 2.75) is 57.4 Å². The third-order valence-corrected chi connectivity index (χ3v) is 7.58. The fourth-order valence-corrected chi connectivity index (χ4v) is 5.49. The summed E-state index contributed by atoms with van der Waals surface area (Å²) in [6.45, 7) is 7.00. The van der Waals surface area contributed by atoms with Crippen molar-refractivity contribution in [3.8, 4) is 0 Å². The fraction of sp³-hybridized carbons (Fsp3) is 0.565. The van der Waals surface area contributed by atoms with Crippen molar-refractivity contribution in [3.63, 3.8) is 0 Å². The maximum absolute atomic E-state index is 15.9. The van der Waals surface area contributed by atoms with Gasteiger partial charge in [-0.15, -0.1) is 11.8 Å². The Balaban J connectivity index is 2.29. The summed E-state index contributed by atoms with van der Waals surface area (Å²) < 4.78 is 21.8. The van der Waals surface area contributed by atoms with E-state index >= 15 is 4.39 Å². The zero-order valence-electron chi connectivity index (χ0n) is 19.4. The van der Waals surface area contributed by atoms with Crippen molar-refractivity contribution in [1.82, 2.24) is 0 Å². The molecular formula is C23H33FN4O4S. The number of thioether (sulfide) groups is 1. The molecule has 2 aliphatic rings. The van der Waals surface area contributed by atoms with E-state index in [4.69, 9.17) is 16.3 Å². The highest BCUT2D eigenvalue weighted by atomic mass is 32.2. The molecule has 0 amide bonds. The van der Waals surface area contributed by atoms with Gasteiger partial charge in [-0.2, -0.15) is 0 Å². The summed E-state index contributed by atoms with van der Waals surface area (Å²) >= 11 is 1.44. The zero-order chi connectivity index (χ0) is 24.3. The van der Waals surface area contributed by atoms with Crippen LogP contribution >= 0.6 is 11.8 Å². The molecule has 1 fully saturated rings. The largest absolute Gasteiger partial charge is 0.497 e. The number of hydrazine groups is 1. The number of ether oxygens (including phenoxy) is 1.